The highest BCUT2D eigenvalue weighted by Gasteiger charge is 2.11. The molecule has 6 heteroatoms. The van der Waals surface area contributed by atoms with Crippen molar-refractivity contribution in [3.05, 3.63) is 29.6 Å². The van der Waals surface area contributed by atoms with Crippen molar-refractivity contribution in [2.75, 3.05) is 13.1 Å². The van der Waals surface area contributed by atoms with Gasteiger partial charge in [0.25, 0.3) is 5.91 Å². The number of aromatic hydroxyl groups is 1. The van der Waals surface area contributed by atoms with Crippen LogP contribution in [0.4, 0.5) is 4.39 Å². The van der Waals surface area contributed by atoms with Crippen LogP contribution in [0.3, 0.4) is 0 Å². The molecular weight excluding hydrogens is 227 g/mol. The van der Waals surface area contributed by atoms with Crippen LogP contribution >= 0.6 is 0 Å². The molecule has 3 N–H and O–H groups in total. The average Bonchev–Trinajstić information content (AvgIpc) is 2.27. The summed E-state index contributed by atoms with van der Waals surface area (Å²) in [5.74, 6) is -1.68. The Labute approximate surface area is 97.6 Å². The Morgan fingerprint density at radius 1 is 1.29 bits per heavy atom. The van der Waals surface area contributed by atoms with Crippen LogP contribution in [0.1, 0.15) is 17.3 Å². The van der Waals surface area contributed by atoms with E-state index in [1.807, 2.05) is 0 Å². The molecule has 92 valence electrons. The second kappa shape index (κ2) is 5.83. The van der Waals surface area contributed by atoms with Crippen LogP contribution in [0, 0.1) is 5.82 Å². The minimum absolute atomic E-state index is 0.132. The zero-order valence-electron chi connectivity index (χ0n) is 9.29. The van der Waals surface area contributed by atoms with Gasteiger partial charge in [0.05, 0.1) is 5.56 Å². The quantitative estimate of drug-likeness (QED) is 0.666. The largest absolute Gasteiger partial charge is 0.507 e. The van der Waals surface area contributed by atoms with Gasteiger partial charge in [-0.25, -0.2) is 4.39 Å². The van der Waals surface area contributed by atoms with E-state index < -0.39 is 11.7 Å². The summed E-state index contributed by atoms with van der Waals surface area (Å²) >= 11 is 0. The van der Waals surface area contributed by atoms with Gasteiger partial charge in [0.2, 0.25) is 5.91 Å². The molecule has 0 atom stereocenters. The third-order valence-electron chi connectivity index (χ3n) is 1.99. The van der Waals surface area contributed by atoms with Crippen LogP contribution in [-0.4, -0.2) is 30.0 Å². The maximum absolute atomic E-state index is 12.9. The lowest BCUT2D eigenvalue weighted by molar-refractivity contribution is -0.118. The second-order valence-electron chi connectivity index (χ2n) is 3.40. The lowest BCUT2D eigenvalue weighted by atomic mass is 10.2. The van der Waals surface area contributed by atoms with Crippen molar-refractivity contribution in [3.63, 3.8) is 0 Å². The molecule has 0 unspecified atom stereocenters. The van der Waals surface area contributed by atoms with Gasteiger partial charge in [-0.15, -0.1) is 0 Å². The summed E-state index contributed by atoms with van der Waals surface area (Å²) in [5.41, 5.74) is -0.132. The smallest absolute Gasteiger partial charge is 0.255 e. The summed E-state index contributed by atoms with van der Waals surface area (Å²) in [7, 11) is 0. The van der Waals surface area contributed by atoms with Crippen molar-refractivity contribution >= 4 is 11.8 Å². The fourth-order valence-electron chi connectivity index (χ4n) is 1.20. The highest BCUT2D eigenvalue weighted by Crippen LogP contribution is 2.17. The summed E-state index contributed by atoms with van der Waals surface area (Å²) in [4.78, 5) is 22.1. The molecule has 0 aliphatic heterocycles. The summed E-state index contributed by atoms with van der Waals surface area (Å²) in [6, 6.07) is 3.12. The molecule has 0 radical (unpaired) electrons. The van der Waals surface area contributed by atoms with Gasteiger partial charge in [-0.3, -0.25) is 9.59 Å². The van der Waals surface area contributed by atoms with Crippen LogP contribution in [-0.2, 0) is 4.79 Å². The maximum Gasteiger partial charge on any atom is 0.255 e. The highest BCUT2D eigenvalue weighted by atomic mass is 19.1. The van der Waals surface area contributed by atoms with E-state index in [-0.39, 0.29) is 30.3 Å². The normalized spacial score (nSPS) is 9.76. The Bertz CT molecular complexity index is 435. The van der Waals surface area contributed by atoms with E-state index in [4.69, 9.17) is 0 Å². The van der Waals surface area contributed by atoms with Crippen LogP contribution in [0.5, 0.6) is 5.75 Å². The molecule has 0 aliphatic rings. The summed E-state index contributed by atoms with van der Waals surface area (Å²) in [6.07, 6.45) is 0. The van der Waals surface area contributed by atoms with E-state index in [2.05, 4.69) is 10.6 Å². The molecule has 0 saturated heterocycles. The number of hydrogen-bond acceptors (Lipinski definition) is 3. The Morgan fingerprint density at radius 2 is 1.94 bits per heavy atom. The lowest BCUT2D eigenvalue weighted by Crippen LogP contribution is -2.33. The van der Waals surface area contributed by atoms with Gasteiger partial charge in [-0.2, -0.15) is 0 Å². The number of rotatable bonds is 4. The number of phenolic OH excluding ortho intramolecular Hbond substituents is 1. The maximum atomic E-state index is 12.9. The molecule has 0 heterocycles. The lowest BCUT2D eigenvalue weighted by Gasteiger charge is -2.07. The molecule has 5 nitrogen and oxygen atoms in total. The van der Waals surface area contributed by atoms with Gasteiger partial charge in [0.1, 0.15) is 11.6 Å². The SMILES string of the molecule is CC(=O)NCCNC(=O)c1cc(F)ccc1O. The number of carbonyl (C=O) groups is 2. The van der Waals surface area contributed by atoms with Crippen molar-refractivity contribution in [1.29, 1.82) is 0 Å². The van der Waals surface area contributed by atoms with E-state index >= 15 is 0 Å². The van der Waals surface area contributed by atoms with E-state index in [1.54, 1.807) is 0 Å². The molecule has 1 aromatic rings. The first-order valence-corrected chi connectivity index (χ1v) is 5.02. The van der Waals surface area contributed by atoms with Gasteiger partial charge in [0, 0.05) is 20.0 Å². The standard InChI is InChI=1S/C11H13FN2O3/c1-7(15)13-4-5-14-11(17)9-6-8(12)2-3-10(9)16/h2-3,6,16H,4-5H2,1H3,(H,13,15)(H,14,17). The molecule has 1 rings (SSSR count). The predicted octanol–water partition coefficient (Wildman–Crippen LogP) is 0.397. The zero-order chi connectivity index (χ0) is 12.8. The van der Waals surface area contributed by atoms with Gasteiger partial charge < -0.3 is 15.7 Å². The third-order valence-corrected chi connectivity index (χ3v) is 1.99. The van der Waals surface area contributed by atoms with Crippen LogP contribution in [0.15, 0.2) is 18.2 Å². The Kier molecular flexibility index (Phi) is 4.45. The first kappa shape index (κ1) is 13.0. The van der Waals surface area contributed by atoms with Crippen molar-refractivity contribution in [2.45, 2.75) is 6.92 Å². The number of nitrogens with one attached hydrogen (secondary N) is 2. The first-order chi connectivity index (χ1) is 8.00. The minimum atomic E-state index is -0.602. The van der Waals surface area contributed by atoms with E-state index in [0.29, 0.717) is 0 Å². The molecule has 0 saturated carbocycles. The van der Waals surface area contributed by atoms with Crippen LogP contribution in [0.2, 0.25) is 0 Å². The Morgan fingerprint density at radius 3 is 2.59 bits per heavy atom. The van der Waals surface area contributed by atoms with E-state index in [1.165, 1.54) is 6.92 Å². The highest BCUT2D eigenvalue weighted by molar-refractivity contribution is 5.96. The van der Waals surface area contributed by atoms with E-state index in [0.717, 1.165) is 18.2 Å². The van der Waals surface area contributed by atoms with Gasteiger partial charge >= 0.3 is 0 Å². The summed E-state index contributed by atoms with van der Waals surface area (Å²) in [5, 5.41) is 14.3. The number of phenols is 1. The number of amides is 2. The Hall–Kier alpha value is -2.11. The van der Waals surface area contributed by atoms with Gasteiger partial charge in [-0.05, 0) is 18.2 Å². The summed E-state index contributed by atoms with van der Waals surface area (Å²) in [6.45, 7) is 1.84. The number of halogens is 1. The summed E-state index contributed by atoms with van der Waals surface area (Å²) < 4.78 is 12.9. The molecule has 0 aromatic heterocycles. The van der Waals surface area contributed by atoms with Crippen LogP contribution in [0.25, 0.3) is 0 Å². The van der Waals surface area contributed by atoms with Crippen molar-refractivity contribution in [1.82, 2.24) is 10.6 Å². The third kappa shape index (κ3) is 4.10. The van der Waals surface area contributed by atoms with Crippen molar-refractivity contribution in [3.8, 4) is 5.75 Å². The van der Waals surface area contributed by atoms with Gasteiger partial charge in [-0.1, -0.05) is 0 Å². The Balaban J connectivity index is 2.52. The van der Waals surface area contributed by atoms with Crippen molar-refractivity contribution < 1.29 is 19.1 Å². The topological polar surface area (TPSA) is 78.4 Å². The predicted molar refractivity (Wildman–Crippen MR) is 59.1 cm³/mol. The molecule has 17 heavy (non-hydrogen) atoms. The minimum Gasteiger partial charge on any atom is -0.507 e. The molecule has 0 spiro atoms. The number of benzene rings is 1. The zero-order valence-corrected chi connectivity index (χ0v) is 9.29. The fraction of sp³-hybridized carbons (Fsp3) is 0.273. The molecule has 1 aromatic carbocycles. The van der Waals surface area contributed by atoms with E-state index in [9.17, 15) is 19.1 Å². The van der Waals surface area contributed by atoms with Crippen molar-refractivity contribution in [2.24, 2.45) is 0 Å². The second-order valence-corrected chi connectivity index (χ2v) is 3.40. The fourth-order valence-corrected chi connectivity index (χ4v) is 1.20. The monoisotopic (exact) mass is 240 g/mol. The number of hydrogen-bond donors (Lipinski definition) is 3. The molecule has 0 bridgehead atoms. The average molecular weight is 240 g/mol. The molecule has 2 amide bonds. The first-order valence-electron chi connectivity index (χ1n) is 5.02. The molecule has 0 aliphatic carbocycles. The molecular formula is C11H13FN2O3. The number of carbonyl (C=O) groups excluding carboxylic acids is 2. The van der Waals surface area contributed by atoms with Gasteiger partial charge in [0.15, 0.2) is 0 Å². The molecule has 0 fully saturated rings. The van der Waals surface area contributed by atoms with Crippen LogP contribution < -0.4 is 10.6 Å².